The number of fused-ring (bicyclic) bond motifs is 1. The van der Waals surface area contributed by atoms with Crippen LogP contribution < -0.4 is 5.73 Å². The lowest BCUT2D eigenvalue weighted by molar-refractivity contribution is 0.692. The van der Waals surface area contributed by atoms with E-state index in [1.54, 1.807) is 0 Å². The predicted octanol–water partition coefficient (Wildman–Crippen LogP) is 3.00. The van der Waals surface area contributed by atoms with Crippen LogP contribution in [0.15, 0.2) is 42.6 Å². The molecule has 3 N–H and O–H groups in total. The first-order valence-corrected chi connectivity index (χ1v) is 5.64. The van der Waals surface area contributed by atoms with Gasteiger partial charge in [0.05, 0.1) is 0 Å². The first kappa shape index (κ1) is 11.0. The Morgan fingerprint density at radius 1 is 1.44 bits per heavy atom. The van der Waals surface area contributed by atoms with Crippen LogP contribution in [0.4, 0.5) is 0 Å². The number of H-pyrrole nitrogens is 1. The van der Waals surface area contributed by atoms with Gasteiger partial charge in [0, 0.05) is 23.1 Å². The Morgan fingerprint density at radius 3 is 2.94 bits per heavy atom. The molecule has 1 aromatic heterocycles. The Kier molecular flexibility index (Phi) is 3.11. The van der Waals surface area contributed by atoms with E-state index >= 15 is 0 Å². The molecule has 0 aliphatic carbocycles. The average Bonchev–Trinajstić information content (AvgIpc) is 2.69. The first-order valence-electron chi connectivity index (χ1n) is 5.64. The van der Waals surface area contributed by atoms with Gasteiger partial charge in [-0.3, -0.25) is 0 Å². The van der Waals surface area contributed by atoms with Gasteiger partial charge in [-0.25, -0.2) is 0 Å². The Balaban J connectivity index is 2.13. The number of nitrogens with one attached hydrogen (secondary N) is 1. The molecule has 16 heavy (non-hydrogen) atoms. The van der Waals surface area contributed by atoms with E-state index in [2.05, 4.69) is 36.0 Å². The minimum absolute atomic E-state index is 0.105. The second-order valence-electron chi connectivity index (χ2n) is 4.35. The zero-order valence-corrected chi connectivity index (χ0v) is 9.66. The molecular weight excluding hydrogens is 196 g/mol. The fraction of sp³-hybridized carbons (Fsp3) is 0.286. The van der Waals surface area contributed by atoms with Gasteiger partial charge in [0.1, 0.15) is 0 Å². The Bertz CT molecular complexity index is 496. The zero-order valence-electron chi connectivity index (χ0n) is 9.66. The van der Waals surface area contributed by atoms with Crippen LogP contribution >= 0.6 is 0 Å². The average molecular weight is 214 g/mol. The van der Waals surface area contributed by atoms with Gasteiger partial charge in [0.2, 0.25) is 0 Å². The van der Waals surface area contributed by atoms with E-state index < -0.39 is 0 Å². The van der Waals surface area contributed by atoms with Crippen molar-refractivity contribution in [2.24, 2.45) is 5.73 Å². The maximum atomic E-state index is 5.97. The number of aromatic amines is 1. The van der Waals surface area contributed by atoms with Crippen molar-refractivity contribution >= 4 is 10.9 Å². The Hall–Kier alpha value is -1.54. The van der Waals surface area contributed by atoms with Crippen molar-refractivity contribution in [1.29, 1.82) is 0 Å². The molecule has 0 aliphatic rings. The molecule has 2 heteroatoms. The molecule has 2 nitrogen and oxygen atoms in total. The number of hydrogen-bond acceptors (Lipinski definition) is 1. The molecule has 2 aromatic rings. The Labute approximate surface area is 96.2 Å². The highest BCUT2D eigenvalue weighted by Gasteiger charge is 2.06. The van der Waals surface area contributed by atoms with E-state index in [1.807, 2.05) is 13.0 Å². The van der Waals surface area contributed by atoms with Crippen molar-refractivity contribution in [3.05, 3.63) is 48.2 Å². The lowest BCUT2D eigenvalue weighted by Gasteiger charge is -2.10. The SMILES string of the molecule is C=C(C)[C@@H](N)CCc1c[nH]c2ccccc12. The van der Waals surface area contributed by atoms with Crippen LogP contribution in [0.25, 0.3) is 10.9 Å². The maximum absolute atomic E-state index is 5.97. The third kappa shape index (κ3) is 2.17. The molecule has 84 valence electrons. The second kappa shape index (κ2) is 4.54. The van der Waals surface area contributed by atoms with Crippen LogP contribution in [0.2, 0.25) is 0 Å². The molecule has 2 rings (SSSR count). The molecule has 0 unspecified atom stereocenters. The monoisotopic (exact) mass is 214 g/mol. The molecule has 0 radical (unpaired) electrons. The van der Waals surface area contributed by atoms with Crippen molar-refractivity contribution in [2.75, 3.05) is 0 Å². The minimum atomic E-state index is 0.105. The van der Waals surface area contributed by atoms with Crippen LogP contribution in [0.5, 0.6) is 0 Å². The highest BCUT2D eigenvalue weighted by atomic mass is 14.7. The molecule has 0 amide bonds. The second-order valence-corrected chi connectivity index (χ2v) is 4.35. The summed E-state index contributed by atoms with van der Waals surface area (Å²) < 4.78 is 0. The summed E-state index contributed by atoms with van der Waals surface area (Å²) in [5, 5.41) is 1.30. The molecule has 0 bridgehead atoms. The summed E-state index contributed by atoms with van der Waals surface area (Å²) in [7, 11) is 0. The lowest BCUT2D eigenvalue weighted by atomic mass is 10.0. The van der Waals surface area contributed by atoms with Crippen molar-refractivity contribution in [1.82, 2.24) is 4.98 Å². The summed E-state index contributed by atoms with van der Waals surface area (Å²) in [6.07, 6.45) is 4.03. The van der Waals surface area contributed by atoms with E-state index in [0.717, 1.165) is 18.4 Å². The number of aromatic nitrogens is 1. The van der Waals surface area contributed by atoms with Crippen molar-refractivity contribution in [3.63, 3.8) is 0 Å². The van der Waals surface area contributed by atoms with E-state index in [4.69, 9.17) is 5.73 Å². The van der Waals surface area contributed by atoms with Gasteiger partial charge >= 0.3 is 0 Å². The third-order valence-corrected chi connectivity index (χ3v) is 3.03. The van der Waals surface area contributed by atoms with E-state index in [0.29, 0.717) is 0 Å². The molecule has 0 spiro atoms. The summed E-state index contributed by atoms with van der Waals surface area (Å²) in [4.78, 5) is 3.28. The molecule has 1 heterocycles. The van der Waals surface area contributed by atoms with Gasteiger partial charge in [0.25, 0.3) is 0 Å². The fourth-order valence-corrected chi connectivity index (χ4v) is 1.90. The molecule has 0 saturated carbocycles. The number of rotatable bonds is 4. The van der Waals surface area contributed by atoms with Crippen molar-refractivity contribution in [3.8, 4) is 0 Å². The summed E-state index contributed by atoms with van der Waals surface area (Å²) in [6, 6.07) is 8.46. The van der Waals surface area contributed by atoms with Gasteiger partial charge in [-0.05, 0) is 31.4 Å². The van der Waals surface area contributed by atoms with Gasteiger partial charge in [0.15, 0.2) is 0 Å². The highest BCUT2D eigenvalue weighted by Crippen LogP contribution is 2.19. The minimum Gasteiger partial charge on any atom is -0.361 e. The third-order valence-electron chi connectivity index (χ3n) is 3.03. The van der Waals surface area contributed by atoms with Crippen molar-refractivity contribution in [2.45, 2.75) is 25.8 Å². The van der Waals surface area contributed by atoms with Crippen molar-refractivity contribution < 1.29 is 0 Å². The van der Waals surface area contributed by atoms with Gasteiger partial charge in [-0.15, -0.1) is 0 Å². The summed E-state index contributed by atoms with van der Waals surface area (Å²) in [5.74, 6) is 0. The van der Waals surface area contributed by atoms with Crippen LogP contribution in [0.1, 0.15) is 18.9 Å². The van der Waals surface area contributed by atoms with Gasteiger partial charge < -0.3 is 10.7 Å². The highest BCUT2D eigenvalue weighted by molar-refractivity contribution is 5.82. The summed E-state index contributed by atoms with van der Waals surface area (Å²) in [5.41, 5.74) is 9.56. The summed E-state index contributed by atoms with van der Waals surface area (Å²) in [6.45, 7) is 5.87. The standard InChI is InChI=1S/C14H18N2/c1-10(2)13(15)8-7-11-9-16-14-6-4-3-5-12(11)14/h3-6,9,13,16H,1,7-8,15H2,2H3/t13-/m0/s1. The van der Waals surface area contributed by atoms with Crippen LogP contribution in [0, 0.1) is 0 Å². The zero-order chi connectivity index (χ0) is 11.5. The van der Waals surface area contributed by atoms with Crippen LogP contribution in [0.3, 0.4) is 0 Å². The maximum Gasteiger partial charge on any atom is 0.0456 e. The predicted molar refractivity (Wildman–Crippen MR) is 69.4 cm³/mol. The van der Waals surface area contributed by atoms with E-state index in [1.165, 1.54) is 16.5 Å². The number of nitrogens with two attached hydrogens (primary N) is 1. The van der Waals surface area contributed by atoms with Gasteiger partial charge in [-0.2, -0.15) is 0 Å². The normalized spacial score (nSPS) is 12.9. The molecule has 0 aliphatic heterocycles. The number of para-hydroxylation sites is 1. The molecular formula is C14H18N2. The molecule has 0 saturated heterocycles. The van der Waals surface area contributed by atoms with Crippen LogP contribution in [-0.2, 0) is 6.42 Å². The largest absolute Gasteiger partial charge is 0.361 e. The smallest absolute Gasteiger partial charge is 0.0456 e. The quantitative estimate of drug-likeness (QED) is 0.755. The first-order chi connectivity index (χ1) is 7.68. The molecule has 1 atom stereocenters. The number of aryl methyl sites for hydroxylation is 1. The van der Waals surface area contributed by atoms with Crippen LogP contribution in [-0.4, -0.2) is 11.0 Å². The number of hydrogen-bond donors (Lipinski definition) is 2. The lowest BCUT2D eigenvalue weighted by Crippen LogP contribution is -2.21. The van der Waals surface area contributed by atoms with E-state index in [-0.39, 0.29) is 6.04 Å². The topological polar surface area (TPSA) is 41.8 Å². The van der Waals surface area contributed by atoms with Gasteiger partial charge in [-0.1, -0.05) is 30.4 Å². The van der Waals surface area contributed by atoms with E-state index in [9.17, 15) is 0 Å². The summed E-state index contributed by atoms with van der Waals surface area (Å²) >= 11 is 0. The Morgan fingerprint density at radius 2 is 2.19 bits per heavy atom. The fourth-order valence-electron chi connectivity index (χ4n) is 1.90. The molecule has 1 aromatic carbocycles. The molecule has 0 fully saturated rings. The number of benzene rings is 1.